The molecule has 1 aliphatic heterocycles. The Kier molecular flexibility index (Phi) is 6.80. The highest BCUT2D eigenvalue weighted by atomic mass is 16.5. The van der Waals surface area contributed by atoms with Crippen LogP contribution in [0.4, 0.5) is 0 Å². The molecule has 0 aromatic heterocycles. The van der Waals surface area contributed by atoms with Crippen molar-refractivity contribution in [2.75, 3.05) is 33.3 Å². The maximum absolute atomic E-state index is 12.2. The molecule has 1 heterocycles. The Morgan fingerprint density at radius 3 is 2.89 bits per heavy atom. The fourth-order valence-electron chi connectivity index (χ4n) is 2.12. The first-order chi connectivity index (χ1) is 9.10. The molecule has 2 amide bonds. The Hall–Kier alpha value is -1.14. The second kappa shape index (κ2) is 8.12. The van der Waals surface area contributed by atoms with Crippen molar-refractivity contribution in [2.24, 2.45) is 0 Å². The summed E-state index contributed by atoms with van der Waals surface area (Å²) in [5.41, 5.74) is 0. The van der Waals surface area contributed by atoms with Crippen LogP contribution in [0.25, 0.3) is 0 Å². The van der Waals surface area contributed by atoms with Crippen molar-refractivity contribution in [3.63, 3.8) is 0 Å². The van der Waals surface area contributed by atoms with Crippen LogP contribution >= 0.6 is 0 Å². The van der Waals surface area contributed by atoms with Crippen LogP contribution in [-0.4, -0.2) is 62.1 Å². The van der Waals surface area contributed by atoms with Gasteiger partial charge in [0.25, 0.3) is 0 Å². The molecule has 0 bridgehead atoms. The molecule has 6 heteroatoms. The first-order valence-electron chi connectivity index (χ1n) is 6.90. The minimum atomic E-state index is -0.390. The van der Waals surface area contributed by atoms with Crippen LogP contribution in [0.15, 0.2) is 0 Å². The average molecular weight is 271 g/mol. The largest absolute Gasteiger partial charge is 0.382 e. The normalized spacial score (nSPS) is 21.0. The molecule has 2 N–H and O–H groups in total. The summed E-state index contributed by atoms with van der Waals surface area (Å²) < 4.78 is 5.14. The Labute approximate surface area is 114 Å². The Morgan fingerprint density at radius 1 is 1.53 bits per heavy atom. The highest BCUT2D eigenvalue weighted by Crippen LogP contribution is 2.09. The van der Waals surface area contributed by atoms with Gasteiger partial charge in [0.1, 0.15) is 6.04 Å². The maximum Gasteiger partial charge on any atom is 0.244 e. The number of nitrogens with zero attached hydrogens (tertiary/aromatic N) is 1. The lowest BCUT2D eigenvalue weighted by atomic mass is 10.1. The van der Waals surface area contributed by atoms with Crippen LogP contribution in [-0.2, 0) is 14.3 Å². The standard InChI is InChI=1S/C13H25N3O3/c1-4-15-13(18)11-9-14-7-8-16(11)12(17)6-5-10(2)19-3/h10-11,14H,4-9H2,1-3H3,(H,15,18). The van der Waals surface area contributed by atoms with Gasteiger partial charge in [0.15, 0.2) is 0 Å². The minimum Gasteiger partial charge on any atom is -0.382 e. The summed E-state index contributed by atoms with van der Waals surface area (Å²) in [6, 6.07) is -0.390. The lowest BCUT2D eigenvalue weighted by molar-refractivity contribution is -0.142. The predicted molar refractivity (Wildman–Crippen MR) is 72.8 cm³/mol. The van der Waals surface area contributed by atoms with Crippen LogP contribution in [0.1, 0.15) is 26.7 Å². The van der Waals surface area contributed by atoms with E-state index in [0.717, 1.165) is 6.54 Å². The molecule has 0 saturated carbocycles. The van der Waals surface area contributed by atoms with Crippen molar-refractivity contribution in [1.82, 2.24) is 15.5 Å². The quantitative estimate of drug-likeness (QED) is 0.698. The fraction of sp³-hybridized carbons (Fsp3) is 0.846. The Balaban J connectivity index is 2.55. The molecule has 1 rings (SSSR count). The Bertz CT molecular complexity index is 310. The van der Waals surface area contributed by atoms with Crippen molar-refractivity contribution < 1.29 is 14.3 Å². The van der Waals surface area contributed by atoms with E-state index in [-0.39, 0.29) is 24.0 Å². The van der Waals surface area contributed by atoms with E-state index in [4.69, 9.17) is 4.74 Å². The van der Waals surface area contributed by atoms with Crippen molar-refractivity contribution in [3.8, 4) is 0 Å². The summed E-state index contributed by atoms with van der Waals surface area (Å²) in [6.07, 6.45) is 1.17. The van der Waals surface area contributed by atoms with Gasteiger partial charge in [-0.3, -0.25) is 9.59 Å². The minimum absolute atomic E-state index is 0.0293. The number of piperazine rings is 1. The van der Waals surface area contributed by atoms with Gasteiger partial charge in [0, 0.05) is 39.7 Å². The molecule has 6 nitrogen and oxygen atoms in total. The lowest BCUT2D eigenvalue weighted by Crippen LogP contribution is -2.59. The predicted octanol–water partition coefficient (Wildman–Crippen LogP) is -0.262. The highest BCUT2D eigenvalue weighted by molar-refractivity contribution is 5.88. The summed E-state index contributed by atoms with van der Waals surface area (Å²) in [6.45, 7) is 6.24. The number of carbonyl (C=O) groups is 2. The van der Waals surface area contributed by atoms with E-state index in [1.54, 1.807) is 12.0 Å². The molecule has 0 spiro atoms. The topological polar surface area (TPSA) is 70.7 Å². The van der Waals surface area contributed by atoms with E-state index < -0.39 is 0 Å². The number of methoxy groups -OCH3 is 1. The molecule has 0 aromatic carbocycles. The van der Waals surface area contributed by atoms with E-state index in [0.29, 0.717) is 32.5 Å². The molecule has 0 radical (unpaired) electrons. The first kappa shape index (κ1) is 15.9. The first-order valence-corrected chi connectivity index (χ1v) is 6.90. The third-order valence-electron chi connectivity index (χ3n) is 3.38. The summed E-state index contributed by atoms with van der Waals surface area (Å²) in [5, 5.41) is 5.93. The molecule has 1 fully saturated rings. The van der Waals surface area contributed by atoms with Gasteiger partial charge in [-0.25, -0.2) is 0 Å². The zero-order chi connectivity index (χ0) is 14.3. The van der Waals surface area contributed by atoms with Gasteiger partial charge in [0.2, 0.25) is 11.8 Å². The van der Waals surface area contributed by atoms with E-state index in [2.05, 4.69) is 10.6 Å². The van der Waals surface area contributed by atoms with Crippen LogP contribution in [0, 0.1) is 0 Å². The molecular formula is C13H25N3O3. The molecule has 0 aliphatic carbocycles. The molecule has 110 valence electrons. The van der Waals surface area contributed by atoms with Gasteiger partial charge in [-0.05, 0) is 20.3 Å². The molecule has 2 atom stereocenters. The third-order valence-corrected chi connectivity index (χ3v) is 3.38. The molecule has 2 unspecified atom stereocenters. The van der Waals surface area contributed by atoms with Crippen LogP contribution < -0.4 is 10.6 Å². The van der Waals surface area contributed by atoms with E-state index in [1.165, 1.54) is 0 Å². The van der Waals surface area contributed by atoms with Crippen LogP contribution in [0.2, 0.25) is 0 Å². The number of rotatable bonds is 6. The number of amides is 2. The second-order valence-corrected chi connectivity index (χ2v) is 4.79. The number of nitrogens with one attached hydrogen (secondary N) is 2. The summed E-state index contributed by atoms with van der Waals surface area (Å²) in [4.78, 5) is 25.8. The summed E-state index contributed by atoms with van der Waals surface area (Å²) >= 11 is 0. The summed E-state index contributed by atoms with van der Waals surface area (Å²) in [7, 11) is 1.64. The zero-order valence-electron chi connectivity index (χ0n) is 12.1. The highest BCUT2D eigenvalue weighted by Gasteiger charge is 2.31. The van der Waals surface area contributed by atoms with Gasteiger partial charge >= 0.3 is 0 Å². The van der Waals surface area contributed by atoms with Gasteiger partial charge in [0.05, 0.1) is 6.10 Å². The smallest absolute Gasteiger partial charge is 0.244 e. The molecule has 1 aliphatic rings. The third kappa shape index (κ3) is 4.80. The zero-order valence-corrected chi connectivity index (χ0v) is 12.1. The average Bonchev–Trinajstić information content (AvgIpc) is 2.44. The van der Waals surface area contributed by atoms with Crippen molar-refractivity contribution in [3.05, 3.63) is 0 Å². The Morgan fingerprint density at radius 2 is 2.26 bits per heavy atom. The second-order valence-electron chi connectivity index (χ2n) is 4.79. The van der Waals surface area contributed by atoms with Crippen molar-refractivity contribution >= 4 is 11.8 Å². The SMILES string of the molecule is CCNC(=O)C1CNCCN1C(=O)CCC(C)OC. The van der Waals surface area contributed by atoms with Gasteiger partial charge in [-0.1, -0.05) is 0 Å². The van der Waals surface area contributed by atoms with Gasteiger partial charge in [-0.2, -0.15) is 0 Å². The van der Waals surface area contributed by atoms with E-state index >= 15 is 0 Å². The van der Waals surface area contributed by atoms with Crippen molar-refractivity contribution in [2.45, 2.75) is 38.8 Å². The fourth-order valence-corrected chi connectivity index (χ4v) is 2.12. The molecule has 0 aromatic rings. The summed E-state index contributed by atoms with van der Waals surface area (Å²) in [5.74, 6) is -0.0514. The lowest BCUT2D eigenvalue weighted by Gasteiger charge is -2.35. The van der Waals surface area contributed by atoms with Gasteiger partial charge < -0.3 is 20.3 Å². The number of likely N-dealkylation sites (N-methyl/N-ethyl adjacent to an activating group) is 1. The number of ether oxygens (including phenoxy) is 1. The number of hydrogen-bond acceptors (Lipinski definition) is 4. The van der Waals surface area contributed by atoms with Crippen molar-refractivity contribution in [1.29, 1.82) is 0 Å². The molecule has 19 heavy (non-hydrogen) atoms. The molecular weight excluding hydrogens is 246 g/mol. The number of hydrogen-bond donors (Lipinski definition) is 2. The van der Waals surface area contributed by atoms with Crippen LogP contribution in [0.5, 0.6) is 0 Å². The molecule has 1 saturated heterocycles. The maximum atomic E-state index is 12.2. The number of carbonyl (C=O) groups excluding carboxylic acids is 2. The van der Waals surface area contributed by atoms with Crippen LogP contribution in [0.3, 0.4) is 0 Å². The van der Waals surface area contributed by atoms with E-state index in [1.807, 2.05) is 13.8 Å². The van der Waals surface area contributed by atoms with Gasteiger partial charge in [-0.15, -0.1) is 0 Å². The van der Waals surface area contributed by atoms with E-state index in [9.17, 15) is 9.59 Å². The monoisotopic (exact) mass is 271 g/mol.